The zero-order chi connectivity index (χ0) is 22.3. The van der Waals surface area contributed by atoms with Crippen LogP contribution in [0.1, 0.15) is 18.4 Å². The van der Waals surface area contributed by atoms with Gasteiger partial charge < -0.3 is 18.9 Å². The summed E-state index contributed by atoms with van der Waals surface area (Å²) in [5.41, 5.74) is 2.08. The minimum atomic E-state index is -0.501. The summed E-state index contributed by atoms with van der Waals surface area (Å²) in [6.45, 7) is 5.91. The summed E-state index contributed by atoms with van der Waals surface area (Å²) in [4.78, 5) is 21.4. The van der Waals surface area contributed by atoms with Gasteiger partial charge in [0.25, 0.3) is 11.8 Å². The number of ether oxygens (including phenoxy) is 2. The average Bonchev–Trinajstić information content (AvgIpc) is 3.29. The highest BCUT2D eigenvalue weighted by atomic mass is 16.5. The minimum absolute atomic E-state index is 0.0273. The maximum absolute atomic E-state index is 12.8. The predicted molar refractivity (Wildman–Crippen MR) is 119 cm³/mol. The number of benzene rings is 2. The van der Waals surface area contributed by atoms with E-state index >= 15 is 0 Å². The smallest absolute Gasteiger partial charge is 0.263 e. The summed E-state index contributed by atoms with van der Waals surface area (Å²) in [6.07, 6.45) is -0.501. The Morgan fingerprint density at radius 1 is 1.09 bits per heavy atom. The Kier molecular flexibility index (Phi) is 7.14. The molecule has 1 aliphatic heterocycles. The van der Waals surface area contributed by atoms with Crippen LogP contribution in [0.2, 0.25) is 0 Å². The number of aromatic nitrogens is 2. The maximum atomic E-state index is 12.8. The van der Waals surface area contributed by atoms with Crippen molar-refractivity contribution < 1.29 is 18.8 Å². The van der Waals surface area contributed by atoms with Crippen LogP contribution in [0, 0.1) is 0 Å². The fourth-order valence-electron chi connectivity index (χ4n) is 3.76. The van der Waals surface area contributed by atoms with Crippen molar-refractivity contribution >= 4 is 5.91 Å². The molecule has 8 nitrogen and oxygen atoms in total. The van der Waals surface area contributed by atoms with Crippen LogP contribution in [0.25, 0.3) is 11.4 Å². The molecule has 8 heteroatoms. The number of hydrogen-bond donors (Lipinski definition) is 0. The molecule has 3 aromatic rings. The number of carbonyl (C=O) groups excluding carboxylic acids is 1. The lowest BCUT2D eigenvalue weighted by Gasteiger charge is -2.36. The second-order valence-corrected chi connectivity index (χ2v) is 7.82. The van der Waals surface area contributed by atoms with E-state index < -0.39 is 6.10 Å². The van der Waals surface area contributed by atoms with Crippen molar-refractivity contribution in [2.45, 2.75) is 26.2 Å². The molecule has 1 saturated heterocycles. The van der Waals surface area contributed by atoms with E-state index in [1.807, 2.05) is 54.3 Å². The van der Waals surface area contributed by atoms with Gasteiger partial charge in [0.05, 0.1) is 0 Å². The highest BCUT2D eigenvalue weighted by Gasteiger charge is 2.26. The van der Waals surface area contributed by atoms with E-state index in [2.05, 4.69) is 27.2 Å². The summed E-state index contributed by atoms with van der Waals surface area (Å²) >= 11 is 0. The Morgan fingerprint density at radius 3 is 2.62 bits per heavy atom. The van der Waals surface area contributed by atoms with Crippen LogP contribution in [0.5, 0.6) is 5.75 Å². The molecular weight excluding hydrogens is 408 g/mol. The topological polar surface area (TPSA) is 80.9 Å². The van der Waals surface area contributed by atoms with E-state index in [-0.39, 0.29) is 5.91 Å². The molecule has 0 spiro atoms. The Hall–Kier alpha value is -3.23. The summed E-state index contributed by atoms with van der Waals surface area (Å²) < 4.78 is 16.0. The van der Waals surface area contributed by atoms with Gasteiger partial charge >= 0.3 is 0 Å². The number of para-hydroxylation sites is 1. The largest absolute Gasteiger partial charge is 0.481 e. The van der Waals surface area contributed by atoms with Gasteiger partial charge in [0.2, 0.25) is 5.82 Å². The molecule has 0 N–H and O–H groups in total. The van der Waals surface area contributed by atoms with Crippen molar-refractivity contribution in [2.75, 3.05) is 33.3 Å². The normalized spacial score (nSPS) is 15.5. The molecule has 0 bridgehead atoms. The Bertz CT molecular complexity index is 1020. The van der Waals surface area contributed by atoms with Gasteiger partial charge in [0.1, 0.15) is 12.4 Å². The first-order valence-corrected chi connectivity index (χ1v) is 10.8. The fraction of sp³-hybridized carbons (Fsp3) is 0.375. The van der Waals surface area contributed by atoms with Gasteiger partial charge in [-0.2, -0.15) is 4.98 Å². The quantitative estimate of drug-likeness (QED) is 0.537. The number of amides is 1. The number of nitrogens with zero attached hydrogens (tertiary/aromatic N) is 4. The molecule has 168 valence electrons. The first-order chi connectivity index (χ1) is 15.6. The molecule has 2 aromatic carbocycles. The molecular formula is C24H28N4O4. The fourth-order valence-corrected chi connectivity index (χ4v) is 3.76. The van der Waals surface area contributed by atoms with Gasteiger partial charge in [0, 0.05) is 45.4 Å². The molecule has 2 heterocycles. The van der Waals surface area contributed by atoms with Crippen LogP contribution in [0.4, 0.5) is 0 Å². The summed E-state index contributed by atoms with van der Waals surface area (Å²) in [7, 11) is 1.59. The monoisotopic (exact) mass is 436 g/mol. The molecule has 0 saturated carbocycles. The summed E-state index contributed by atoms with van der Waals surface area (Å²) in [5, 5.41) is 4.03. The molecule has 1 atom stereocenters. The number of carbonyl (C=O) groups is 1. The van der Waals surface area contributed by atoms with Crippen molar-refractivity contribution in [2.24, 2.45) is 0 Å². The van der Waals surface area contributed by atoms with Crippen molar-refractivity contribution in [3.8, 4) is 17.1 Å². The third-order valence-corrected chi connectivity index (χ3v) is 5.42. The summed E-state index contributed by atoms with van der Waals surface area (Å²) in [5.74, 6) is 1.75. The second-order valence-electron chi connectivity index (χ2n) is 7.82. The van der Waals surface area contributed by atoms with Crippen molar-refractivity contribution in [3.63, 3.8) is 0 Å². The van der Waals surface area contributed by atoms with E-state index in [1.165, 1.54) is 5.56 Å². The standard InChI is InChI=1S/C24H28N4O4/c1-18(31-21-9-4-3-5-10-21)24(29)28-13-11-27(12-14-28)16-19-7-6-8-20(15-19)23-25-22(17-30-2)32-26-23/h3-10,15,18H,11-14,16-17H2,1-2H3. The van der Waals surface area contributed by atoms with Gasteiger partial charge in [-0.25, -0.2) is 0 Å². The number of hydrogen-bond acceptors (Lipinski definition) is 7. The molecule has 0 aliphatic carbocycles. The Balaban J connectivity index is 1.29. The van der Waals surface area contributed by atoms with Gasteiger partial charge in [0.15, 0.2) is 6.10 Å². The molecule has 1 fully saturated rings. The lowest BCUT2D eigenvalue weighted by atomic mass is 10.1. The molecule has 1 amide bonds. The zero-order valence-corrected chi connectivity index (χ0v) is 18.4. The Labute approximate surface area is 187 Å². The minimum Gasteiger partial charge on any atom is -0.481 e. The lowest BCUT2D eigenvalue weighted by Crippen LogP contribution is -2.51. The SMILES string of the molecule is COCc1nc(-c2cccc(CN3CCN(C(=O)C(C)Oc4ccccc4)CC3)c2)no1. The lowest BCUT2D eigenvalue weighted by molar-refractivity contribution is -0.139. The van der Waals surface area contributed by atoms with Crippen LogP contribution < -0.4 is 4.74 Å². The maximum Gasteiger partial charge on any atom is 0.263 e. The number of piperazine rings is 1. The number of methoxy groups -OCH3 is 1. The van der Waals surface area contributed by atoms with Crippen LogP contribution >= 0.6 is 0 Å². The first kappa shape index (κ1) is 22.0. The van der Waals surface area contributed by atoms with Gasteiger partial charge in [-0.1, -0.05) is 41.6 Å². The Morgan fingerprint density at radius 2 is 1.88 bits per heavy atom. The predicted octanol–water partition coefficient (Wildman–Crippen LogP) is 2.99. The van der Waals surface area contributed by atoms with Crippen molar-refractivity contribution in [1.29, 1.82) is 0 Å². The summed E-state index contributed by atoms with van der Waals surface area (Å²) in [6, 6.07) is 17.6. The van der Waals surface area contributed by atoms with E-state index in [1.54, 1.807) is 7.11 Å². The van der Waals surface area contributed by atoms with Crippen LogP contribution in [-0.4, -0.2) is 65.2 Å². The van der Waals surface area contributed by atoms with Crippen molar-refractivity contribution in [1.82, 2.24) is 19.9 Å². The molecule has 0 radical (unpaired) electrons. The third kappa shape index (κ3) is 5.52. The molecule has 1 aromatic heterocycles. The first-order valence-electron chi connectivity index (χ1n) is 10.8. The van der Waals surface area contributed by atoms with Crippen LogP contribution in [0.3, 0.4) is 0 Å². The van der Waals surface area contributed by atoms with E-state index in [4.69, 9.17) is 14.0 Å². The molecule has 32 heavy (non-hydrogen) atoms. The second kappa shape index (κ2) is 10.4. The highest BCUT2D eigenvalue weighted by Crippen LogP contribution is 2.19. The van der Waals surface area contributed by atoms with E-state index in [9.17, 15) is 4.79 Å². The van der Waals surface area contributed by atoms with Gasteiger partial charge in [-0.15, -0.1) is 0 Å². The van der Waals surface area contributed by atoms with E-state index in [0.717, 1.165) is 25.2 Å². The molecule has 1 unspecified atom stereocenters. The van der Waals surface area contributed by atoms with Gasteiger partial charge in [-0.3, -0.25) is 9.69 Å². The van der Waals surface area contributed by atoms with Crippen molar-refractivity contribution in [3.05, 3.63) is 66.1 Å². The average molecular weight is 437 g/mol. The van der Waals surface area contributed by atoms with Crippen LogP contribution in [-0.2, 0) is 22.7 Å². The van der Waals surface area contributed by atoms with E-state index in [0.29, 0.717) is 37.2 Å². The third-order valence-electron chi connectivity index (χ3n) is 5.42. The molecule has 1 aliphatic rings. The zero-order valence-electron chi connectivity index (χ0n) is 18.4. The van der Waals surface area contributed by atoms with Crippen LogP contribution in [0.15, 0.2) is 59.1 Å². The highest BCUT2D eigenvalue weighted by molar-refractivity contribution is 5.81. The van der Waals surface area contributed by atoms with Gasteiger partial charge in [-0.05, 0) is 30.7 Å². The molecule has 4 rings (SSSR count). The number of rotatable bonds is 8.